The Morgan fingerprint density at radius 1 is 1.61 bits per heavy atom. The maximum atomic E-state index is 12.1. The van der Waals surface area contributed by atoms with Gasteiger partial charge in [-0.05, 0) is 6.42 Å². The second-order valence-corrected chi connectivity index (χ2v) is 4.40. The number of carbonyl (C=O) groups excluding carboxylic acids is 1. The Kier molecular flexibility index (Phi) is 5.64. The normalized spacial score (nSPS) is 18.7. The average molecular weight is 256 g/mol. The summed E-state index contributed by atoms with van der Waals surface area (Å²) in [5, 5.41) is 8.77. The van der Waals surface area contributed by atoms with Crippen molar-refractivity contribution in [3.8, 4) is 0 Å². The lowest BCUT2D eigenvalue weighted by Crippen LogP contribution is -2.44. The maximum absolute atomic E-state index is 12.1. The van der Waals surface area contributed by atoms with Gasteiger partial charge in [0.15, 0.2) is 0 Å². The molecule has 1 N–H and O–H groups in total. The fourth-order valence-electron chi connectivity index (χ4n) is 2.11. The van der Waals surface area contributed by atoms with Gasteiger partial charge in [-0.1, -0.05) is 6.08 Å². The number of urea groups is 1. The van der Waals surface area contributed by atoms with Crippen LogP contribution in [0.3, 0.4) is 0 Å². The molecule has 1 atom stereocenters. The van der Waals surface area contributed by atoms with Crippen LogP contribution >= 0.6 is 0 Å². The SMILES string of the molecule is C=CCN(CC(=O)O)C(=O)N1CCC(COC)C1. The molecule has 6 nitrogen and oxygen atoms in total. The molecule has 0 radical (unpaired) electrons. The maximum Gasteiger partial charge on any atom is 0.323 e. The van der Waals surface area contributed by atoms with Crippen molar-refractivity contribution in [3.05, 3.63) is 12.7 Å². The number of hydrogen-bond acceptors (Lipinski definition) is 3. The molecule has 0 bridgehead atoms. The third-order valence-electron chi connectivity index (χ3n) is 2.90. The van der Waals surface area contributed by atoms with Gasteiger partial charge in [-0.3, -0.25) is 4.79 Å². The molecule has 1 unspecified atom stereocenters. The standard InChI is InChI=1S/C12H20N2O4/c1-3-5-13(8-11(15)16)12(17)14-6-4-10(7-14)9-18-2/h3,10H,1,4-9H2,2H3,(H,15,16). The van der Waals surface area contributed by atoms with Crippen LogP contribution in [0.2, 0.25) is 0 Å². The molecule has 1 aliphatic heterocycles. The van der Waals surface area contributed by atoms with E-state index in [4.69, 9.17) is 9.84 Å². The van der Waals surface area contributed by atoms with Gasteiger partial charge >= 0.3 is 12.0 Å². The molecule has 0 aromatic carbocycles. The largest absolute Gasteiger partial charge is 0.480 e. The first kappa shape index (κ1) is 14.5. The van der Waals surface area contributed by atoms with E-state index in [0.29, 0.717) is 25.6 Å². The molecule has 1 fully saturated rings. The molecular formula is C12H20N2O4. The zero-order valence-electron chi connectivity index (χ0n) is 10.7. The minimum atomic E-state index is -1.02. The van der Waals surface area contributed by atoms with E-state index < -0.39 is 5.97 Å². The highest BCUT2D eigenvalue weighted by atomic mass is 16.5. The van der Waals surface area contributed by atoms with Gasteiger partial charge in [-0.25, -0.2) is 4.79 Å². The van der Waals surface area contributed by atoms with Crippen molar-refractivity contribution in [2.45, 2.75) is 6.42 Å². The summed E-state index contributed by atoms with van der Waals surface area (Å²) < 4.78 is 5.06. The van der Waals surface area contributed by atoms with Crippen LogP contribution in [0.15, 0.2) is 12.7 Å². The minimum Gasteiger partial charge on any atom is -0.480 e. The van der Waals surface area contributed by atoms with Crippen LogP contribution in [-0.2, 0) is 9.53 Å². The number of rotatable bonds is 6. The van der Waals surface area contributed by atoms with Gasteiger partial charge in [0.25, 0.3) is 0 Å². The van der Waals surface area contributed by atoms with Crippen LogP contribution in [0, 0.1) is 5.92 Å². The van der Waals surface area contributed by atoms with Crippen molar-refractivity contribution < 1.29 is 19.4 Å². The van der Waals surface area contributed by atoms with Crippen LogP contribution in [0.5, 0.6) is 0 Å². The Balaban J connectivity index is 2.55. The first-order chi connectivity index (χ1) is 8.58. The molecule has 0 aromatic heterocycles. The molecule has 1 aliphatic rings. The minimum absolute atomic E-state index is 0.240. The van der Waals surface area contributed by atoms with Gasteiger partial charge in [-0.2, -0.15) is 0 Å². The summed E-state index contributed by atoms with van der Waals surface area (Å²) in [6.07, 6.45) is 2.43. The summed E-state index contributed by atoms with van der Waals surface area (Å²) in [5.41, 5.74) is 0. The van der Waals surface area contributed by atoms with Gasteiger partial charge in [0, 0.05) is 32.7 Å². The zero-order valence-corrected chi connectivity index (χ0v) is 10.7. The summed E-state index contributed by atoms with van der Waals surface area (Å²) >= 11 is 0. The van der Waals surface area contributed by atoms with E-state index >= 15 is 0 Å². The van der Waals surface area contributed by atoms with Crippen molar-refractivity contribution >= 4 is 12.0 Å². The van der Waals surface area contributed by atoms with Crippen LogP contribution in [-0.4, -0.2) is 66.8 Å². The second-order valence-electron chi connectivity index (χ2n) is 4.40. The summed E-state index contributed by atoms with van der Waals surface area (Å²) in [7, 11) is 1.64. The van der Waals surface area contributed by atoms with Crippen molar-refractivity contribution in [2.24, 2.45) is 5.92 Å². The Bertz CT molecular complexity index is 319. The van der Waals surface area contributed by atoms with Gasteiger partial charge < -0.3 is 19.6 Å². The topological polar surface area (TPSA) is 70.1 Å². The molecule has 1 rings (SSSR count). The quantitative estimate of drug-likeness (QED) is 0.708. The number of nitrogens with zero attached hydrogens (tertiary/aromatic N) is 2. The highest BCUT2D eigenvalue weighted by Gasteiger charge is 2.29. The monoisotopic (exact) mass is 256 g/mol. The highest BCUT2D eigenvalue weighted by molar-refractivity contribution is 5.80. The predicted octanol–water partition coefficient (Wildman–Crippen LogP) is 0.647. The van der Waals surface area contributed by atoms with E-state index in [-0.39, 0.29) is 19.1 Å². The van der Waals surface area contributed by atoms with Gasteiger partial charge in [0.05, 0.1) is 6.61 Å². The van der Waals surface area contributed by atoms with Gasteiger partial charge in [-0.15, -0.1) is 6.58 Å². The number of aliphatic carboxylic acids is 1. The van der Waals surface area contributed by atoms with Crippen molar-refractivity contribution in [3.63, 3.8) is 0 Å². The Morgan fingerprint density at radius 2 is 2.33 bits per heavy atom. The number of carbonyl (C=O) groups is 2. The van der Waals surface area contributed by atoms with E-state index in [1.807, 2.05) is 0 Å². The second kappa shape index (κ2) is 7.00. The van der Waals surface area contributed by atoms with Crippen molar-refractivity contribution in [1.29, 1.82) is 0 Å². The van der Waals surface area contributed by atoms with Gasteiger partial charge in [0.2, 0.25) is 0 Å². The molecular weight excluding hydrogens is 236 g/mol. The number of methoxy groups -OCH3 is 1. The van der Waals surface area contributed by atoms with Crippen LogP contribution in [0.4, 0.5) is 4.79 Å². The van der Waals surface area contributed by atoms with Crippen molar-refractivity contribution in [2.75, 3.05) is 39.9 Å². The Morgan fingerprint density at radius 3 is 2.89 bits per heavy atom. The summed E-state index contributed by atoms with van der Waals surface area (Å²) in [6, 6.07) is -0.240. The lowest BCUT2D eigenvalue weighted by atomic mass is 10.1. The number of carboxylic acids is 1. The van der Waals surface area contributed by atoms with E-state index in [0.717, 1.165) is 6.42 Å². The van der Waals surface area contributed by atoms with E-state index in [1.165, 1.54) is 11.0 Å². The molecule has 102 valence electrons. The summed E-state index contributed by atoms with van der Waals surface area (Å²) in [5.74, 6) is -0.674. The molecule has 1 saturated heterocycles. The highest BCUT2D eigenvalue weighted by Crippen LogP contribution is 2.17. The number of likely N-dealkylation sites (tertiary alicyclic amines) is 1. The van der Waals surface area contributed by atoms with E-state index in [2.05, 4.69) is 6.58 Å². The molecule has 6 heteroatoms. The number of amides is 2. The molecule has 0 spiro atoms. The first-order valence-corrected chi connectivity index (χ1v) is 5.94. The number of carboxylic acid groups (broad SMARTS) is 1. The van der Waals surface area contributed by atoms with Crippen molar-refractivity contribution in [1.82, 2.24) is 9.80 Å². The molecule has 2 amide bonds. The lowest BCUT2D eigenvalue weighted by molar-refractivity contribution is -0.137. The van der Waals surface area contributed by atoms with E-state index in [9.17, 15) is 9.59 Å². The fraction of sp³-hybridized carbons (Fsp3) is 0.667. The summed E-state index contributed by atoms with van der Waals surface area (Å²) in [6.45, 7) is 5.39. The molecule has 0 saturated carbocycles. The first-order valence-electron chi connectivity index (χ1n) is 5.94. The Hall–Kier alpha value is -1.56. The Labute approximate surface area is 107 Å². The lowest BCUT2D eigenvalue weighted by Gasteiger charge is -2.25. The summed E-state index contributed by atoms with van der Waals surface area (Å²) in [4.78, 5) is 25.8. The third-order valence-corrected chi connectivity index (χ3v) is 2.90. The predicted molar refractivity (Wildman–Crippen MR) is 66.4 cm³/mol. The molecule has 0 aromatic rings. The van der Waals surface area contributed by atoms with E-state index in [1.54, 1.807) is 12.0 Å². The molecule has 1 heterocycles. The smallest absolute Gasteiger partial charge is 0.323 e. The van der Waals surface area contributed by atoms with Crippen LogP contribution < -0.4 is 0 Å². The molecule has 0 aliphatic carbocycles. The number of ether oxygens (including phenoxy) is 1. The molecule has 18 heavy (non-hydrogen) atoms. The number of hydrogen-bond donors (Lipinski definition) is 1. The average Bonchev–Trinajstić information content (AvgIpc) is 2.76. The van der Waals surface area contributed by atoms with Gasteiger partial charge in [0.1, 0.15) is 6.54 Å². The fourth-order valence-corrected chi connectivity index (χ4v) is 2.11. The van der Waals surface area contributed by atoms with Crippen LogP contribution in [0.25, 0.3) is 0 Å². The van der Waals surface area contributed by atoms with Crippen LogP contribution in [0.1, 0.15) is 6.42 Å². The zero-order chi connectivity index (χ0) is 13.5. The third kappa shape index (κ3) is 4.03.